The van der Waals surface area contributed by atoms with Gasteiger partial charge in [-0.3, -0.25) is 0 Å². The molecular formula is C16H17FO. The second kappa shape index (κ2) is 6.20. The largest absolute Gasteiger partial charge is 0.491 e. The van der Waals surface area contributed by atoms with E-state index in [9.17, 15) is 4.39 Å². The topological polar surface area (TPSA) is 9.23 Å². The van der Waals surface area contributed by atoms with Crippen molar-refractivity contribution in [1.82, 2.24) is 0 Å². The predicted octanol–water partition coefficient (Wildman–Crippen LogP) is 4.67. The number of ether oxygens (including phenoxy) is 1. The Kier molecular flexibility index (Phi) is 4.35. The molecule has 0 spiro atoms. The molecule has 1 nitrogen and oxygen atoms in total. The van der Waals surface area contributed by atoms with Crippen molar-refractivity contribution in [2.24, 2.45) is 0 Å². The van der Waals surface area contributed by atoms with Crippen molar-refractivity contribution in [2.45, 2.75) is 19.8 Å². The van der Waals surface area contributed by atoms with Crippen LogP contribution in [0.3, 0.4) is 0 Å². The Morgan fingerprint density at radius 2 is 1.78 bits per heavy atom. The summed E-state index contributed by atoms with van der Waals surface area (Å²) in [6.07, 6.45) is 1.99. The van der Waals surface area contributed by atoms with Crippen LogP contribution in [-0.2, 0) is 0 Å². The van der Waals surface area contributed by atoms with Crippen LogP contribution in [0.15, 0.2) is 48.5 Å². The van der Waals surface area contributed by atoms with E-state index in [-0.39, 0.29) is 5.82 Å². The molecule has 0 saturated heterocycles. The van der Waals surface area contributed by atoms with E-state index in [2.05, 4.69) is 6.92 Å². The van der Waals surface area contributed by atoms with Gasteiger partial charge in [-0.15, -0.1) is 0 Å². The van der Waals surface area contributed by atoms with E-state index in [1.165, 1.54) is 6.07 Å². The smallest absolute Gasteiger partial charge is 0.165 e. The van der Waals surface area contributed by atoms with Crippen LogP contribution < -0.4 is 4.74 Å². The summed E-state index contributed by atoms with van der Waals surface area (Å²) < 4.78 is 19.2. The van der Waals surface area contributed by atoms with Gasteiger partial charge in [0, 0.05) is 0 Å². The highest BCUT2D eigenvalue weighted by Crippen LogP contribution is 2.25. The Balaban J connectivity index is 2.15. The lowest BCUT2D eigenvalue weighted by molar-refractivity contribution is 0.294. The van der Waals surface area contributed by atoms with Gasteiger partial charge in [0.1, 0.15) is 0 Å². The lowest BCUT2D eigenvalue weighted by atomic mass is 10.1. The van der Waals surface area contributed by atoms with Gasteiger partial charge in [-0.25, -0.2) is 4.39 Å². The highest BCUT2D eigenvalue weighted by atomic mass is 19.1. The Hall–Kier alpha value is -1.83. The minimum atomic E-state index is -0.299. The first-order valence-corrected chi connectivity index (χ1v) is 6.29. The summed E-state index contributed by atoms with van der Waals surface area (Å²) in [5.74, 6) is 0.0376. The number of hydrogen-bond acceptors (Lipinski definition) is 1. The fourth-order valence-electron chi connectivity index (χ4n) is 1.75. The van der Waals surface area contributed by atoms with Crippen LogP contribution in [0.5, 0.6) is 5.75 Å². The SMILES string of the molecule is CCCCOc1ccc(-c2ccccc2)cc1F. The molecule has 0 heterocycles. The molecule has 0 aromatic heterocycles. The van der Waals surface area contributed by atoms with Crippen molar-refractivity contribution < 1.29 is 9.13 Å². The summed E-state index contributed by atoms with van der Waals surface area (Å²) in [6, 6.07) is 14.9. The molecule has 94 valence electrons. The van der Waals surface area contributed by atoms with Crippen molar-refractivity contribution in [2.75, 3.05) is 6.61 Å². The van der Waals surface area contributed by atoms with Crippen molar-refractivity contribution in [3.63, 3.8) is 0 Å². The van der Waals surface area contributed by atoms with Crippen LogP contribution in [-0.4, -0.2) is 6.61 Å². The third-order valence-electron chi connectivity index (χ3n) is 2.79. The van der Waals surface area contributed by atoms with Gasteiger partial charge in [0.25, 0.3) is 0 Å². The highest BCUT2D eigenvalue weighted by Gasteiger charge is 2.05. The zero-order valence-corrected chi connectivity index (χ0v) is 10.5. The lowest BCUT2D eigenvalue weighted by Gasteiger charge is -2.08. The van der Waals surface area contributed by atoms with Gasteiger partial charge >= 0.3 is 0 Å². The number of unbranched alkanes of at least 4 members (excludes halogenated alkanes) is 1. The van der Waals surface area contributed by atoms with Gasteiger partial charge in [0.05, 0.1) is 6.61 Å². The van der Waals surface area contributed by atoms with Gasteiger partial charge in [-0.05, 0) is 29.7 Å². The van der Waals surface area contributed by atoms with E-state index >= 15 is 0 Å². The molecular weight excluding hydrogens is 227 g/mol. The van der Waals surface area contributed by atoms with Gasteiger partial charge in [0.2, 0.25) is 0 Å². The first kappa shape index (κ1) is 12.6. The van der Waals surface area contributed by atoms with Crippen LogP contribution in [0.2, 0.25) is 0 Å². The zero-order valence-electron chi connectivity index (χ0n) is 10.5. The highest BCUT2D eigenvalue weighted by molar-refractivity contribution is 5.64. The van der Waals surface area contributed by atoms with Crippen molar-refractivity contribution >= 4 is 0 Å². The van der Waals surface area contributed by atoms with Crippen LogP contribution in [0.1, 0.15) is 19.8 Å². The van der Waals surface area contributed by atoms with Crippen LogP contribution in [0.4, 0.5) is 4.39 Å². The minimum absolute atomic E-state index is 0.299. The maximum Gasteiger partial charge on any atom is 0.165 e. The van der Waals surface area contributed by atoms with Gasteiger partial charge in [-0.1, -0.05) is 49.7 Å². The molecule has 0 aliphatic carbocycles. The molecule has 0 saturated carbocycles. The predicted molar refractivity (Wildman–Crippen MR) is 72.2 cm³/mol. The molecule has 0 bridgehead atoms. The summed E-state index contributed by atoms with van der Waals surface area (Å²) in [5, 5.41) is 0. The average molecular weight is 244 g/mol. The second-order valence-corrected chi connectivity index (χ2v) is 4.21. The molecule has 2 rings (SSSR count). The molecule has 0 atom stereocenters. The Morgan fingerprint density at radius 1 is 1.00 bits per heavy atom. The van der Waals surface area contributed by atoms with Gasteiger partial charge < -0.3 is 4.74 Å². The molecule has 0 aliphatic rings. The van der Waals surface area contributed by atoms with E-state index in [1.807, 2.05) is 36.4 Å². The fraction of sp³-hybridized carbons (Fsp3) is 0.250. The summed E-state index contributed by atoms with van der Waals surface area (Å²) in [6.45, 7) is 2.65. The molecule has 0 amide bonds. The average Bonchev–Trinajstić information content (AvgIpc) is 2.42. The van der Waals surface area contributed by atoms with Gasteiger partial charge in [0.15, 0.2) is 11.6 Å². The molecule has 0 aliphatic heterocycles. The van der Waals surface area contributed by atoms with Crippen molar-refractivity contribution in [3.05, 3.63) is 54.3 Å². The molecule has 0 radical (unpaired) electrons. The molecule has 0 N–H and O–H groups in total. The van der Waals surface area contributed by atoms with E-state index in [1.54, 1.807) is 6.07 Å². The van der Waals surface area contributed by atoms with Crippen molar-refractivity contribution in [3.8, 4) is 16.9 Å². The third-order valence-corrected chi connectivity index (χ3v) is 2.79. The molecule has 2 aromatic rings. The maximum absolute atomic E-state index is 13.8. The van der Waals surface area contributed by atoms with Crippen LogP contribution in [0.25, 0.3) is 11.1 Å². The Labute approximate surface area is 107 Å². The monoisotopic (exact) mass is 244 g/mol. The standard InChI is InChI=1S/C16H17FO/c1-2-3-11-18-16-10-9-14(12-15(16)17)13-7-5-4-6-8-13/h4-10,12H,2-3,11H2,1H3. The lowest BCUT2D eigenvalue weighted by Crippen LogP contribution is -1.98. The maximum atomic E-state index is 13.8. The summed E-state index contributed by atoms with van der Waals surface area (Å²) in [4.78, 5) is 0. The Bertz CT molecular complexity index is 494. The van der Waals surface area contributed by atoms with Gasteiger partial charge in [-0.2, -0.15) is 0 Å². The van der Waals surface area contributed by atoms with E-state index in [0.717, 1.165) is 24.0 Å². The number of hydrogen-bond donors (Lipinski definition) is 0. The van der Waals surface area contributed by atoms with Crippen LogP contribution in [0, 0.1) is 5.82 Å². The normalized spacial score (nSPS) is 10.3. The van der Waals surface area contributed by atoms with Crippen LogP contribution >= 0.6 is 0 Å². The fourth-order valence-corrected chi connectivity index (χ4v) is 1.75. The summed E-state index contributed by atoms with van der Waals surface area (Å²) in [7, 11) is 0. The first-order chi connectivity index (χ1) is 8.81. The molecule has 2 heteroatoms. The Morgan fingerprint density at radius 3 is 2.44 bits per heavy atom. The summed E-state index contributed by atoms with van der Waals surface area (Å²) in [5.41, 5.74) is 1.88. The van der Waals surface area contributed by atoms with Crippen molar-refractivity contribution in [1.29, 1.82) is 0 Å². The molecule has 0 unspecified atom stereocenters. The summed E-state index contributed by atoms with van der Waals surface area (Å²) >= 11 is 0. The molecule has 18 heavy (non-hydrogen) atoms. The quantitative estimate of drug-likeness (QED) is 0.694. The third kappa shape index (κ3) is 3.10. The zero-order chi connectivity index (χ0) is 12.8. The number of benzene rings is 2. The van der Waals surface area contributed by atoms with E-state index in [0.29, 0.717) is 12.4 Å². The number of halogens is 1. The molecule has 2 aromatic carbocycles. The van der Waals surface area contributed by atoms with E-state index < -0.39 is 0 Å². The minimum Gasteiger partial charge on any atom is -0.491 e. The second-order valence-electron chi connectivity index (χ2n) is 4.21. The molecule has 0 fully saturated rings. The number of rotatable bonds is 5. The first-order valence-electron chi connectivity index (χ1n) is 6.29. The van der Waals surface area contributed by atoms with E-state index in [4.69, 9.17) is 4.74 Å².